The molecule has 1 unspecified atom stereocenters. The summed E-state index contributed by atoms with van der Waals surface area (Å²) in [6.45, 7) is 5.79. The maximum absolute atomic E-state index is 13.0. The molecule has 6 nitrogen and oxygen atoms in total. The molecule has 2 amide bonds. The average Bonchev–Trinajstić information content (AvgIpc) is 2.70. The normalized spacial score (nSPS) is 11.7. The molecule has 6 heteroatoms. The van der Waals surface area contributed by atoms with E-state index in [-0.39, 0.29) is 17.7 Å². The number of carbonyl (C=O) groups excluding carboxylic acids is 2. The van der Waals surface area contributed by atoms with Crippen molar-refractivity contribution >= 4 is 17.5 Å². The Labute approximate surface area is 166 Å². The maximum atomic E-state index is 13.0. The van der Waals surface area contributed by atoms with Gasteiger partial charge in [-0.05, 0) is 37.1 Å². The zero-order valence-electron chi connectivity index (χ0n) is 17.3. The number of benzene rings is 2. The van der Waals surface area contributed by atoms with Crippen LogP contribution in [0, 0.1) is 12.8 Å². The van der Waals surface area contributed by atoms with Crippen molar-refractivity contribution in [2.75, 3.05) is 26.2 Å². The summed E-state index contributed by atoms with van der Waals surface area (Å²) < 4.78 is 10.4. The SMILES string of the molecule is COc1cc(OC)cc(C(=O)NC(C(=O)N(C)c2ccc(C)cc2)C(C)C)c1. The van der Waals surface area contributed by atoms with Gasteiger partial charge in [0, 0.05) is 24.4 Å². The van der Waals surface area contributed by atoms with E-state index in [9.17, 15) is 9.59 Å². The molecule has 0 heterocycles. The summed E-state index contributed by atoms with van der Waals surface area (Å²) in [6, 6.07) is 11.9. The lowest BCUT2D eigenvalue weighted by Gasteiger charge is -2.27. The molecule has 1 atom stereocenters. The molecular formula is C22H28N2O4. The number of likely N-dealkylation sites (N-methyl/N-ethyl adjacent to an activating group) is 1. The number of nitrogens with zero attached hydrogens (tertiary/aromatic N) is 1. The maximum Gasteiger partial charge on any atom is 0.252 e. The predicted molar refractivity (Wildman–Crippen MR) is 110 cm³/mol. The van der Waals surface area contributed by atoms with Crippen LogP contribution < -0.4 is 19.7 Å². The third-order valence-electron chi connectivity index (χ3n) is 4.58. The molecule has 0 spiro atoms. The number of nitrogens with one attached hydrogen (secondary N) is 1. The summed E-state index contributed by atoms with van der Waals surface area (Å²) in [7, 11) is 4.75. The Hall–Kier alpha value is -3.02. The van der Waals surface area contributed by atoms with E-state index in [1.54, 1.807) is 30.1 Å². The van der Waals surface area contributed by atoms with Crippen molar-refractivity contribution in [3.63, 3.8) is 0 Å². The van der Waals surface area contributed by atoms with Gasteiger partial charge in [-0.15, -0.1) is 0 Å². The Morgan fingerprint density at radius 2 is 1.50 bits per heavy atom. The molecule has 0 aliphatic rings. The van der Waals surface area contributed by atoms with Gasteiger partial charge in [-0.2, -0.15) is 0 Å². The average molecular weight is 384 g/mol. The van der Waals surface area contributed by atoms with Crippen LogP contribution in [-0.2, 0) is 4.79 Å². The fourth-order valence-electron chi connectivity index (χ4n) is 2.78. The summed E-state index contributed by atoms with van der Waals surface area (Å²) >= 11 is 0. The molecule has 2 rings (SSSR count). The minimum absolute atomic E-state index is 0.0862. The number of ether oxygens (including phenoxy) is 2. The monoisotopic (exact) mass is 384 g/mol. The molecule has 0 bridgehead atoms. The van der Waals surface area contributed by atoms with Gasteiger partial charge in [0.15, 0.2) is 0 Å². The van der Waals surface area contributed by atoms with Crippen LogP contribution in [0.5, 0.6) is 11.5 Å². The van der Waals surface area contributed by atoms with Gasteiger partial charge in [-0.25, -0.2) is 0 Å². The second-order valence-corrected chi connectivity index (χ2v) is 7.03. The van der Waals surface area contributed by atoms with Gasteiger partial charge in [0.2, 0.25) is 5.91 Å². The highest BCUT2D eigenvalue weighted by atomic mass is 16.5. The fourth-order valence-corrected chi connectivity index (χ4v) is 2.78. The topological polar surface area (TPSA) is 67.9 Å². The van der Waals surface area contributed by atoms with Gasteiger partial charge in [0.1, 0.15) is 17.5 Å². The molecule has 2 aromatic rings. The lowest BCUT2D eigenvalue weighted by atomic mass is 10.0. The van der Waals surface area contributed by atoms with Crippen LogP contribution in [0.2, 0.25) is 0 Å². The number of rotatable bonds is 7. The van der Waals surface area contributed by atoms with Gasteiger partial charge in [-0.1, -0.05) is 31.5 Å². The summed E-state index contributed by atoms with van der Waals surface area (Å²) in [6.07, 6.45) is 0. The van der Waals surface area contributed by atoms with E-state index in [1.165, 1.54) is 14.2 Å². The highest BCUT2D eigenvalue weighted by molar-refractivity contribution is 6.02. The molecule has 1 N–H and O–H groups in total. The Bertz CT molecular complexity index is 809. The number of methoxy groups -OCH3 is 2. The Morgan fingerprint density at radius 3 is 1.96 bits per heavy atom. The van der Waals surface area contributed by atoms with E-state index >= 15 is 0 Å². The van der Waals surface area contributed by atoms with Crippen molar-refractivity contribution in [2.45, 2.75) is 26.8 Å². The van der Waals surface area contributed by atoms with Crippen molar-refractivity contribution < 1.29 is 19.1 Å². The number of hydrogen-bond donors (Lipinski definition) is 1. The largest absolute Gasteiger partial charge is 0.497 e. The highest BCUT2D eigenvalue weighted by Gasteiger charge is 2.28. The van der Waals surface area contributed by atoms with E-state index in [2.05, 4.69) is 5.32 Å². The molecular weight excluding hydrogens is 356 g/mol. The summed E-state index contributed by atoms with van der Waals surface area (Å²) in [4.78, 5) is 27.4. The minimum Gasteiger partial charge on any atom is -0.497 e. The van der Waals surface area contributed by atoms with Crippen LogP contribution in [0.3, 0.4) is 0 Å². The third kappa shape index (κ3) is 5.03. The molecule has 0 radical (unpaired) electrons. The molecule has 0 saturated heterocycles. The molecule has 28 heavy (non-hydrogen) atoms. The van der Waals surface area contributed by atoms with Crippen molar-refractivity contribution in [3.05, 3.63) is 53.6 Å². The van der Waals surface area contributed by atoms with Crippen LogP contribution in [-0.4, -0.2) is 39.1 Å². The second kappa shape index (κ2) is 9.26. The van der Waals surface area contributed by atoms with Gasteiger partial charge in [-0.3, -0.25) is 9.59 Å². The molecule has 0 aliphatic heterocycles. The van der Waals surface area contributed by atoms with Crippen molar-refractivity contribution in [1.82, 2.24) is 5.32 Å². The second-order valence-electron chi connectivity index (χ2n) is 7.03. The molecule has 0 aliphatic carbocycles. The number of amides is 2. The van der Waals surface area contributed by atoms with Gasteiger partial charge in [0.05, 0.1) is 14.2 Å². The number of anilines is 1. The van der Waals surface area contributed by atoms with Crippen LogP contribution in [0.15, 0.2) is 42.5 Å². The van der Waals surface area contributed by atoms with Crippen molar-refractivity contribution in [1.29, 1.82) is 0 Å². The zero-order valence-corrected chi connectivity index (χ0v) is 17.3. The predicted octanol–water partition coefficient (Wildman–Crippen LogP) is 3.43. The van der Waals surface area contributed by atoms with Crippen molar-refractivity contribution in [3.8, 4) is 11.5 Å². The summed E-state index contributed by atoms with van der Waals surface area (Å²) in [5.41, 5.74) is 2.26. The standard InChI is InChI=1S/C22H28N2O4/c1-14(2)20(22(26)24(4)17-9-7-15(3)8-10-17)23-21(25)16-11-18(27-5)13-19(12-16)28-6/h7-14,20H,1-6H3,(H,23,25). The van der Waals surface area contributed by atoms with E-state index in [0.29, 0.717) is 17.1 Å². The number of aryl methyl sites for hydroxylation is 1. The van der Waals surface area contributed by atoms with E-state index < -0.39 is 6.04 Å². The fraction of sp³-hybridized carbons (Fsp3) is 0.364. The molecule has 150 valence electrons. The molecule has 0 saturated carbocycles. The van der Waals surface area contributed by atoms with Crippen LogP contribution in [0.4, 0.5) is 5.69 Å². The van der Waals surface area contributed by atoms with Crippen LogP contribution in [0.1, 0.15) is 29.8 Å². The number of carbonyl (C=O) groups is 2. The highest BCUT2D eigenvalue weighted by Crippen LogP contribution is 2.23. The first-order chi connectivity index (χ1) is 13.3. The molecule has 0 fully saturated rings. The van der Waals surface area contributed by atoms with Gasteiger partial charge in [0.25, 0.3) is 5.91 Å². The van der Waals surface area contributed by atoms with Gasteiger partial charge < -0.3 is 19.7 Å². The summed E-state index contributed by atoms with van der Waals surface area (Å²) in [5.74, 6) is 0.392. The molecule has 0 aromatic heterocycles. The minimum atomic E-state index is -0.670. The Morgan fingerprint density at radius 1 is 0.964 bits per heavy atom. The first-order valence-corrected chi connectivity index (χ1v) is 9.15. The lowest BCUT2D eigenvalue weighted by Crippen LogP contribution is -2.50. The van der Waals surface area contributed by atoms with Crippen molar-refractivity contribution in [2.24, 2.45) is 5.92 Å². The zero-order chi connectivity index (χ0) is 20.8. The lowest BCUT2D eigenvalue weighted by molar-refractivity contribution is -0.121. The first-order valence-electron chi connectivity index (χ1n) is 9.15. The number of hydrogen-bond acceptors (Lipinski definition) is 4. The Balaban J connectivity index is 2.23. The van der Waals surface area contributed by atoms with E-state index in [0.717, 1.165) is 11.3 Å². The Kier molecular flexibility index (Phi) is 7.04. The smallest absolute Gasteiger partial charge is 0.252 e. The van der Waals surface area contributed by atoms with E-state index in [4.69, 9.17) is 9.47 Å². The van der Waals surface area contributed by atoms with Gasteiger partial charge >= 0.3 is 0 Å². The van der Waals surface area contributed by atoms with Crippen LogP contribution >= 0.6 is 0 Å². The third-order valence-corrected chi connectivity index (χ3v) is 4.58. The quantitative estimate of drug-likeness (QED) is 0.794. The molecule has 2 aromatic carbocycles. The first kappa shape index (κ1) is 21.3. The van der Waals surface area contributed by atoms with Crippen LogP contribution in [0.25, 0.3) is 0 Å². The van der Waals surface area contributed by atoms with E-state index in [1.807, 2.05) is 45.0 Å². The summed E-state index contributed by atoms with van der Waals surface area (Å²) in [5, 5.41) is 2.86.